The van der Waals surface area contributed by atoms with Gasteiger partial charge in [-0.2, -0.15) is 13.2 Å². The molecule has 0 amide bonds. The van der Waals surface area contributed by atoms with Gasteiger partial charge in [0.1, 0.15) is 0 Å². The molecule has 6 heteroatoms. The number of nitrogens with zero attached hydrogens (tertiary/aromatic N) is 1. The van der Waals surface area contributed by atoms with Crippen molar-refractivity contribution in [2.45, 2.75) is 71.4 Å². The average Bonchev–Trinajstić information content (AvgIpc) is 1.99. The second-order valence-corrected chi connectivity index (χ2v) is 4.96. The third-order valence-electron chi connectivity index (χ3n) is 3.03. The fourth-order valence-corrected chi connectivity index (χ4v) is 2.02. The van der Waals surface area contributed by atoms with Gasteiger partial charge in [0.2, 0.25) is 0 Å². The van der Waals surface area contributed by atoms with E-state index in [9.17, 15) is 18.3 Å². The van der Waals surface area contributed by atoms with Crippen LogP contribution >= 0.6 is 0 Å². The van der Waals surface area contributed by atoms with E-state index in [2.05, 4.69) is 0 Å². The van der Waals surface area contributed by atoms with Gasteiger partial charge in [-0.3, -0.25) is 4.90 Å². The molecule has 0 aliphatic heterocycles. The van der Waals surface area contributed by atoms with E-state index in [-0.39, 0.29) is 28.6 Å². The Morgan fingerprint density at radius 3 is 1.41 bits per heavy atom. The Bertz CT molecular complexity index is 221. The largest absolute Gasteiger partial charge is 0.418 e. The van der Waals surface area contributed by atoms with Crippen LogP contribution in [0, 0.1) is 0 Å². The Labute approximate surface area is 111 Å². The number of hydrogen-bond acceptors (Lipinski definition) is 2. The van der Waals surface area contributed by atoms with Crippen LogP contribution in [0.25, 0.3) is 0 Å². The predicted molar refractivity (Wildman–Crippen MR) is 58.3 cm³/mol. The number of alkyl halides is 3. The molecule has 0 aliphatic carbocycles. The van der Waals surface area contributed by atoms with Gasteiger partial charge in [-0.05, 0) is 41.5 Å². The first-order chi connectivity index (χ1) is 6.93. The normalized spacial score (nSPS) is 18.2. The molecular formula is C11H22F3NNiO. The minimum Gasteiger partial charge on any atom is -0.379 e. The predicted octanol–water partition coefficient (Wildman–Crippen LogP) is 2.80. The first-order valence-electron chi connectivity index (χ1n) is 5.49. The van der Waals surface area contributed by atoms with Crippen molar-refractivity contribution < 1.29 is 34.8 Å². The third kappa shape index (κ3) is 4.42. The molecule has 108 valence electrons. The van der Waals surface area contributed by atoms with E-state index in [4.69, 9.17) is 0 Å². The molecule has 0 saturated carbocycles. The van der Waals surface area contributed by atoms with Gasteiger partial charge in [0.25, 0.3) is 0 Å². The number of hydrogen-bond donors (Lipinski definition) is 1. The maximum absolute atomic E-state index is 12.7. The zero-order valence-corrected chi connectivity index (χ0v) is 12.1. The fraction of sp³-hybridized carbons (Fsp3) is 1.00. The second-order valence-electron chi connectivity index (χ2n) is 4.96. The maximum Gasteiger partial charge on any atom is 0.418 e. The van der Waals surface area contributed by atoms with Crippen molar-refractivity contribution in [1.29, 1.82) is 0 Å². The van der Waals surface area contributed by atoms with Gasteiger partial charge in [0.05, 0.1) is 0 Å². The topological polar surface area (TPSA) is 23.5 Å². The molecule has 0 aromatic rings. The van der Waals surface area contributed by atoms with E-state index in [1.807, 2.05) is 27.7 Å². The van der Waals surface area contributed by atoms with Crippen LogP contribution in [-0.4, -0.2) is 39.9 Å². The summed E-state index contributed by atoms with van der Waals surface area (Å²) < 4.78 is 38.1. The van der Waals surface area contributed by atoms with Crippen molar-refractivity contribution in [2.24, 2.45) is 0 Å². The molecule has 17 heavy (non-hydrogen) atoms. The average molecular weight is 300 g/mol. The van der Waals surface area contributed by atoms with Crippen molar-refractivity contribution >= 4 is 0 Å². The Hall–Kier alpha value is 0.204. The molecule has 0 radical (unpaired) electrons. The Morgan fingerprint density at radius 2 is 1.24 bits per heavy atom. The van der Waals surface area contributed by atoms with Crippen LogP contribution < -0.4 is 0 Å². The van der Waals surface area contributed by atoms with Crippen LogP contribution in [0.1, 0.15) is 41.5 Å². The van der Waals surface area contributed by atoms with Gasteiger partial charge in [0.15, 0.2) is 5.60 Å². The molecule has 1 N–H and O–H groups in total. The Kier molecular flexibility index (Phi) is 7.35. The molecular weight excluding hydrogens is 278 g/mol. The number of aliphatic hydroxyl groups is 1. The van der Waals surface area contributed by atoms with Crippen LogP contribution in [0.5, 0.6) is 0 Å². The molecule has 2 atom stereocenters. The fourth-order valence-electron chi connectivity index (χ4n) is 2.02. The van der Waals surface area contributed by atoms with E-state index in [1.165, 1.54) is 6.92 Å². The summed E-state index contributed by atoms with van der Waals surface area (Å²) in [6.45, 7) is 9.53. The molecule has 0 rings (SSSR count). The van der Waals surface area contributed by atoms with Crippen molar-refractivity contribution in [3.8, 4) is 0 Å². The van der Waals surface area contributed by atoms with Crippen LogP contribution in [-0.2, 0) is 16.5 Å². The summed E-state index contributed by atoms with van der Waals surface area (Å²) in [6.07, 6.45) is -4.62. The van der Waals surface area contributed by atoms with Gasteiger partial charge >= 0.3 is 6.18 Å². The van der Waals surface area contributed by atoms with Crippen molar-refractivity contribution in [2.75, 3.05) is 0 Å². The molecule has 0 fully saturated rings. The van der Waals surface area contributed by atoms with Gasteiger partial charge in [-0.15, -0.1) is 0 Å². The van der Waals surface area contributed by atoms with Gasteiger partial charge in [0, 0.05) is 34.6 Å². The summed E-state index contributed by atoms with van der Waals surface area (Å²) in [5, 5.41) is 9.62. The van der Waals surface area contributed by atoms with E-state index < -0.39 is 17.8 Å². The summed E-state index contributed by atoms with van der Waals surface area (Å²) in [7, 11) is 0. The van der Waals surface area contributed by atoms with E-state index in [0.717, 1.165) is 6.92 Å². The molecule has 0 spiro atoms. The van der Waals surface area contributed by atoms with Crippen molar-refractivity contribution in [1.82, 2.24) is 4.90 Å². The van der Waals surface area contributed by atoms with Crippen LogP contribution in [0.3, 0.4) is 0 Å². The first kappa shape index (κ1) is 19.5. The first-order valence-corrected chi connectivity index (χ1v) is 5.49. The van der Waals surface area contributed by atoms with Crippen LogP contribution in [0.2, 0.25) is 0 Å². The molecule has 0 saturated heterocycles. The summed E-state index contributed by atoms with van der Waals surface area (Å²) in [5.74, 6) is 0. The molecule has 0 aromatic heterocycles. The zero-order chi connectivity index (χ0) is 13.3. The molecule has 0 heterocycles. The SMILES string of the molecule is CC(C)N(C(C)C)C(C)C(C)(O)C(F)(F)F.[Ni]. The summed E-state index contributed by atoms with van der Waals surface area (Å²) in [4.78, 5) is 1.66. The minimum atomic E-state index is -4.62. The number of rotatable bonds is 4. The molecule has 2 unspecified atom stereocenters. The quantitative estimate of drug-likeness (QED) is 0.807. The van der Waals surface area contributed by atoms with E-state index >= 15 is 0 Å². The molecule has 0 aromatic carbocycles. The summed E-state index contributed by atoms with van der Waals surface area (Å²) >= 11 is 0. The summed E-state index contributed by atoms with van der Waals surface area (Å²) in [5.41, 5.74) is -2.69. The Morgan fingerprint density at radius 1 is 0.941 bits per heavy atom. The molecule has 2 nitrogen and oxygen atoms in total. The van der Waals surface area contributed by atoms with Gasteiger partial charge in [-0.1, -0.05) is 0 Å². The van der Waals surface area contributed by atoms with E-state index in [1.54, 1.807) is 4.90 Å². The minimum absolute atomic E-state index is 0. The smallest absolute Gasteiger partial charge is 0.379 e. The van der Waals surface area contributed by atoms with Crippen molar-refractivity contribution in [3.05, 3.63) is 0 Å². The van der Waals surface area contributed by atoms with Crippen molar-refractivity contribution in [3.63, 3.8) is 0 Å². The van der Waals surface area contributed by atoms with Gasteiger partial charge < -0.3 is 5.11 Å². The van der Waals surface area contributed by atoms with Gasteiger partial charge in [-0.25, -0.2) is 0 Å². The second kappa shape index (κ2) is 6.39. The summed E-state index contributed by atoms with van der Waals surface area (Å²) in [6, 6.07) is -1.08. The van der Waals surface area contributed by atoms with Crippen LogP contribution in [0.15, 0.2) is 0 Å². The van der Waals surface area contributed by atoms with Crippen LogP contribution in [0.4, 0.5) is 13.2 Å². The number of halogens is 3. The van der Waals surface area contributed by atoms with E-state index in [0.29, 0.717) is 0 Å². The third-order valence-corrected chi connectivity index (χ3v) is 3.03. The Balaban J connectivity index is 0. The molecule has 0 bridgehead atoms. The molecule has 0 aliphatic rings. The maximum atomic E-state index is 12.7. The standard InChI is InChI=1S/C11H22F3NO.Ni/c1-7(2)15(8(3)4)9(5)10(6,16)11(12,13)14;/h7-9,16H,1-6H3;. The monoisotopic (exact) mass is 299 g/mol. The zero-order valence-electron chi connectivity index (χ0n) is 11.1.